The third kappa shape index (κ3) is 4.31. The van der Waals surface area contributed by atoms with Crippen molar-refractivity contribution in [3.05, 3.63) is 58.9 Å². The summed E-state index contributed by atoms with van der Waals surface area (Å²) in [4.78, 5) is 14.8. The number of fused-ring (bicyclic) bond motifs is 1. The highest BCUT2D eigenvalue weighted by molar-refractivity contribution is 7.89. The lowest BCUT2D eigenvalue weighted by Crippen LogP contribution is -2.43. The molecule has 0 aromatic heterocycles. The summed E-state index contributed by atoms with van der Waals surface area (Å²) in [7, 11) is -3.73. The Morgan fingerprint density at radius 1 is 1.07 bits per heavy atom. The highest BCUT2D eigenvalue weighted by Gasteiger charge is 2.33. The van der Waals surface area contributed by atoms with Crippen molar-refractivity contribution in [1.82, 2.24) is 9.21 Å². The molecular formula is C21H22ClFN2O4S. The molecule has 0 saturated carbocycles. The number of hydrogen-bond donors (Lipinski definition) is 0. The van der Waals surface area contributed by atoms with Crippen LogP contribution in [0.2, 0.25) is 5.02 Å². The van der Waals surface area contributed by atoms with Gasteiger partial charge in [0.2, 0.25) is 15.9 Å². The molecule has 0 radical (unpaired) electrons. The van der Waals surface area contributed by atoms with Gasteiger partial charge in [0, 0.05) is 31.2 Å². The van der Waals surface area contributed by atoms with Crippen molar-refractivity contribution in [2.45, 2.75) is 17.7 Å². The Bertz CT molecular complexity index is 1050. The molecule has 160 valence electrons. The highest BCUT2D eigenvalue weighted by atomic mass is 35.5. The first-order valence-corrected chi connectivity index (χ1v) is 11.6. The fraction of sp³-hybridized carbons (Fsp3) is 0.381. The van der Waals surface area contributed by atoms with Crippen molar-refractivity contribution in [2.75, 3.05) is 32.8 Å². The van der Waals surface area contributed by atoms with Gasteiger partial charge < -0.3 is 9.64 Å². The van der Waals surface area contributed by atoms with E-state index in [1.165, 1.54) is 16.4 Å². The van der Waals surface area contributed by atoms with Crippen LogP contribution in [0.5, 0.6) is 5.75 Å². The molecule has 30 heavy (non-hydrogen) atoms. The van der Waals surface area contributed by atoms with E-state index >= 15 is 0 Å². The number of nitrogens with zero attached hydrogens (tertiary/aromatic N) is 2. The van der Waals surface area contributed by atoms with Gasteiger partial charge in [-0.15, -0.1) is 0 Å². The molecule has 6 nitrogen and oxygen atoms in total. The summed E-state index contributed by atoms with van der Waals surface area (Å²) >= 11 is 6.06. The van der Waals surface area contributed by atoms with Crippen molar-refractivity contribution in [2.24, 2.45) is 5.92 Å². The number of ether oxygens (including phenoxy) is 1. The topological polar surface area (TPSA) is 66.9 Å². The lowest BCUT2D eigenvalue weighted by atomic mass is 9.95. The summed E-state index contributed by atoms with van der Waals surface area (Å²) in [5.41, 5.74) is 0.905. The Hall–Kier alpha value is -2.16. The van der Waals surface area contributed by atoms with Crippen LogP contribution in [0.1, 0.15) is 12.0 Å². The smallest absolute Gasteiger partial charge is 0.243 e. The number of hydrogen-bond acceptors (Lipinski definition) is 4. The van der Waals surface area contributed by atoms with Crippen LogP contribution >= 0.6 is 11.6 Å². The predicted molar refractivity (Wildman–Crippen MR) is 110 cm³/mol. The maximum absolute atomic E-state index is 13.1. The minimum Gasteiger partial charge on any atom is -0.492 e. The second-order valence-electron chi connectivity index (χ2n) is 7.50. The number of amides is 1. The largest absolute Gasteiger partial charge is 0.492 e. The monoisotopic (exact) mass is 452 g/mol. The number of sulfonamides is 1. The molecule has 0 aliphatic carbocycles. The van der Waals surface area contributed by atoms with Crippen LogP contribution in [0.4, 0.5) is 4.39 Å². The van der Waals surface area contributed by atoms with E-state index in [2.05, 4.69) is 0 Å². The zero-order chi connectivity index (χ0) is 21.3. The van der Waals surface area contributed by atoms with Crippen molar-refractivity contribution < 1.29 is 22.3 Å². The van der Waals surface area contributed by atoms with Crippen molar-refractivity contribution in [1.29, 1.82) is 0 Å². The van der Waals surface area contributed by atoms with Crippen molar-refractivity contribution in [3.8, 4) is 5.75 Å². The van der Waals surface area contributed by atoms with E-state index < -0.39 is 15.8 Å². The van der Waals surface area contributed by atoms with Gasteiger partial charge in [-0.25, -0.2) is 12.8 Å². The summed E-state index contributed by atoms with van der Waals surface area (Å²) < 4.78 is 46.0. The van der Waals surface area contributed by atoms with E-state index in [9.17, 15) is 17.6 Å². The van der Waals surface area contributed by atoms with E-state index in [-0.39, 0.29) is 23.3 Å². The number of benzene rings is 2. The second kappa shape index (κ2) is 8.53. The van der Waals surface area contributed by atoms with Crippen LogP contribution in [0, 0.1) is 11.7 Å². The molecule has 1 fully saturated rings. The van der Waals surface area contributed by atoms with E-state index in [0.29, 0.717) is 44.1 Å². The normalized spacial score (nSPS) is 20.2. The first kappa shape index (κ1) is 21.1. The molecule has 1 atom stereocenters. The molecule has 2 aromatic rings. The Morgan fingerprint density at radius 3 is 2.60 bits per heavy atom. The van der Waals surface area contributed by atoms with Crippen LogP contribution in [0.3, 0.4) is 0 Å². The maximum Gasteiger partial charge on any atom is 0.243 e. The van der Waals surface area contributed by atoms with Gasteiger partial charge in [0.15, 0.2) is 0 Å². The van der Waals surface area contributed by atoms with Gasteiger partial charge in [-0.05, 0) is 60.9 Å². The van der Waals surface area contributed by atoms with Crippen LogP contribution < -0.4 is 4.74 Å². The molecule has 0 N–H and O–H groups in total. The van der Waals surface area contributed by atoms with Gasteiger partial charge in [-0.1, -0.05) is 11.6 Å². The van der Waals surface area contributed by atoms with E-state index in [0.717, 1.165) is 23.4 Å². The van der Waals surface area contributed by atoms with Crippen molar-refractivity contribution in [3.63, 3.8) is 0 Å². The lowest BCUT2D eigenvalue weighted by molar-refractivity contribution is -0.136. The molecular weight excluding hydrogens is 431 g/mol. The first-order valence-electron chi connectivity index (χ1n) is 9.80. The lowest BCUT2D eigenvalue weighted by Gasteiger charge is -2.30. The van der Waals surface area contributed by atoms with Gasteiger partial charge in [-0.2, -0.15) is 4.31 Å². The van der Waals surface area contributed by atoms with E-state index in [1.54, 1.807) is 11.0 Å². The fourth-order valence-electron chi connectivity index (χ4n) is 3.89. The second-order valence-corrected chi connectivity index (χ2v) is 9.88. The number of rotatable bonds is 3. The molecule has 0 spiro atoms. The van der Waals surface area contributed by atoms with E-state index in [1.807, 2.05) is 12.1 Å². The molecule has 4 rings (SSSR count). The summed E-state index contributed by atoms with van der Waals surface area (Å²) in [6.07, 6.45) is 1.07. The zero-order valence-electron chi connectivity index (χ0n) is 16.3. The van der Waals surface area contributed by atoms with Gasteiger partial charge in [-0.3, -0.25) is 4.79 Å². The summed E-state index contributed by atoms with van der Waals surface area (Å²) in [5, 5.41) is 0.599. The minimum atomic E-state index is -3.73. The standard InChI is InChI=1S/C21H22ClFN2O4S/c22-17-2-7-20-15(13-17)12-16(14-29-20)21(26)24-8-1-9-25(11-10-24)30(27,28)19-5-3-18(23)4-6-19/h2-7,13,16H,1,8-12,14H2/t16-/m1/s1. The quantitative estimate of drug-likeness (QED) is 0.718. The van der Waals surface area contributed by atoms with Crippen LogP contribution in [0.25, 0.3) is 0 Å². The molecule has 1 amide bonds. The Morgan fingerprint density at radius 2 is 1.83 bits per heavy atom. The maximum atomic E-state index is 13.1. The van der Waals surface area contributed by atoms with Gasteiger partial charge in [0.05, 0.1) is 10.8 Å². The molecule has 0 unspecified atom stereocenters. The molecule has 9 heteroatoms. The molecule has 2 aliphatic rings. The Labute approximate surface area is 180 Å². The number of halogens is 2. The number of carbonyl (C=O) groups excluding carboxylic acids is 1. The molecule has 2 heterocycles. The van der Waals surface area contributed by atoms with Crippen LogP contribution in [0.15, 0.2) is 47.4 Å². The van der Waals surface area contributed by atoms with E-state index in [4.69, 9.17) is 16.3 Å². The molecule has 0 bridgehead atoms. The molecule has 2 aromatic carbocycles. The summed E-state index contributed by atoms with van der Waals surface area (Å²) in [6, 6.07) is 10.2. The average molecular weight is 453 g/mol. The van der Waals surface area contributed by atoms with Crippen LogP contribution in [-0.2, 0) is 21.2 Å². The van der Waals surface area contributed by atoms with Gasteiger partial charge >= 0.3 is 0 Å². The fourth-order valence-corrected chi connectivity index (χ4v) is 5.55. The summed E-state index contributed by atoms with van der Waals surface area (Å²) in [5.74, 6) is -0.104. The Balaban J connectivity index is 1.43. The predicted octanol–water partition coefficient (Wildman–Crippen LogP) is 2.95. The van der Waals surface area contributed by atoms with Crippen molar-refractivity contribution >= 4 is 27.5 Å². The summed E-state index contributed by atoms with van der Waals surface area (Å²) in [6.45, 7) is 1.58. The third-order valence-electron chi connectivity index (χ3n) is 5.50. The highest BCUT2D eigenvalue weighted by Crippen LogP contribution is 2.30. The van der Waals surface area contributed by atoms with Gasteiger partial charge in [0.25, 0.3) is 0 Å². The average Bonchev–Trinajstić information content (AvgIpc) is 3.00. The minimum absolute atomic E-state index is 0.0401. The molecule has 1 saturated heterocycles. The zero-order valence-corrected chi connectivity index (χ0v) is 17.8. The first-order chi connectivity index (χ1) is 14.3. The SMILES string of the molecule is O=C([C@H]1COc2ccc(Cl)cc2C1)N1CCCN(S(=O)(=O)c2ccc(F)cc2)CC1. The van der Waals surface area contributed by atoms with Gasteiger partial charge in [0.1, 0.15) is 18.2 Å². The molecule has 2 aliphatic heterocycles. The number of carbonyl (C=O) groups is 1. The van der Waals surface area contributed by atoms with Crippen LogP contribution in [-0.4, -0.2) is 56.3 Å². The third-order valence-corrected chi connectivity index (χ3v) is 7.64. The Kier molecular flexibility index (Phi) is 5.99.